The minimum absolute atomic E-state index is 0.256. The van der Waals surface area contributed by atoms with E-state index in [9.17, 15) is 14.4 Å². The quantitative estimate of drug-likeness (QED) is 0.217. The van der Waals surface area contributed by atoms with Crippen LogP contribution >= 0.6 is 15.9 Å². The van der Waals surface area contributed by atoms with E-state index >= 15 is 0 Å². The molecule has 0 aliphatic rings. The highest BCUT2D eigenvalue weighted by atomic mass is 79.9. The lowest BCUT2D eigenvalue weighted by molar-refractivity contribution is -0.143. The molecule has 0 aliphatic carbocycles. The zero-order valence-corrected chi connectivity index (χ0v) is 19.3. The molecule has 2 N–H and O–H groups in total. The number of nitrogens with one attached hydrogen (secondary N) is 2. The molecule has 0 radical (unpaired) electrons. The van der Waals surface area contributed by atoms with Crippen molar-refractivity contribution in [3.63, 3.8) is 0 Å². The van der Waals surface area contributed by atoms with Gasteiger partial charge in [-0.25, -0.2) is 4.79 Å². The molecule has 0 unspecified atom stereocenters. The summed E-state index contributed by atoms with van der Waals surface area (Å²) in [5.74, 6) is -1.28. The molecular formula is C25H21BrN2O5. The SMILES string of the molecule is COc1ccccc1C=C(C(=O)OCC(=O)NNC(=O)c1ccc(Br)cc1)c1ccccc1. The number of hydrogen-bond donors (Lipinski definition) is 2. The van der Waals surface area contributed by atoms with Gasteiger partial charge in [0.25, 0.3) is 11.8 Å². The molecule has 0 saturated carbocycles. The number of methoxy groups -OCH3 is 1. The molecule has 8 heteroatoms. The van der Waals surface area contributed by atoms with Gasteiger partial charge >= 0.3 is 5.97 Å². The van der Waals surface area contributed by atoms with Crippen molar-refractivity contribution in [1.29, 1.82) is 0 Å². The summed E-state index contributed by atoms with van der Waals surface area (Å²) in [6, 6.07) is 22.8. The Kier molecular flexibility index (Phi) is 8.37. The van der Waals surface area contributed by atoms with Crippen molar-refractivity contribution >= 4 is 45.4 Å². The zero-order valence-electron chi connectivity index (χ0n) is 17.7. The number of rotatable bonds is 7. The van der Waals surface area contributed by atoms with E-state index in [2.05, 4.69) is 26.8 Å². The highest BCUT2D eigenvalue weighted by Gasteiger charge is 2.17. The van der Waals surface area contributed by atoms with Crippen LogP contribution in [-0.2, 0) is 14.3 Å². The van der Waals surface area contributed by atoms with Gasteiger partial charge in [0.15, 0.2) is 6.61 Å². The summed E-state index contributed by atoms with van der Waals surface area (Å²) in [4.78, 5) is 37.0. The first kappa shape index (κ1) is 23.7. The van der Waals surface area contributed by atoms with Gasteiger partial charge in [0.05, 0.1) is 12.7 Å². The number of ether oxygens (including phenoxy) is 2. The largest absolute Gasteiger partial charge is 0.496 e. The maximum Gasteiger partial charge on any atom is 0.339 e. The fraction of sp³-hybridized carbons (Fsp3) is 0.0800. The van der Waals surface area contributed by atoms with Gasteiger partial charge < -0.3 is 9.47 Å². The van der Waals surface area contributed by atoms with E-state index in [1.807, 2.05) is 18.2 Å². The van der Waals surface area contributed by atoms with Crippen LogP contribution in [0, 0.1) is 0 Å². The summed E-state index contributed by atoms with van der Waals surface area (Å²) in [7, 11) is 1.54. The van der Waals surface area contributed by atoms with E-state index < -0.39 is 24.4 Å². The third-order valence-corrected chi connectivity index (χ3v) is 5.03. The van der Waals surface area contributed by atoms with Crippen LogP contribution in [0.1, 0.15) is 21.5 Å². The molecule has 0 heterocycles. The number of amides is 2. The number of esters is 1. The van der Waals surface area contributed by atoms with Gasteiger partial charge in [-0.15, -0.1) is 0 Å². The van der Waals surface area contributed by atoms with Crippen LogP contribution in [0.2, 0.25) is 0 Å². The number of hydrogen-bond acceptors (Lipinski definition) is 5. The van der Waals surface area contributed by atoms with E-state index in [-0.39, 0.29) is 5.57 Å². The molecule has 0 aromatic heterocycles. The van der Waals surface area contributed by atoms with E-state index in [1.54, 1.807) is 73.8 Å². The Morgan fingerprint density at radius 3 is 2.21 bits per heavy atom. The van der Waals surface area contributed by atoms with Gasteiger partial charge in [-0.2, -0.15) is 0 Å². The smallest absolute Gasteiger partial charge is 0.339 e. The van der Waals surface area contributed by atoms with Gasteiger partial charge in [0, 0.05) is 15.6 Å². The third kappa shape index (κ3) is 6.78. The number of halogens is 1. The monoisotopic (exact) mass is 508 g/mol. The fourth-order valence-electron chi connectivity index (χ4n) is 2.86. The highest BCUT2D eigenvalue weighted by molar-refractivity contribution is 9.10. The average Bonchev–Trinajstić information content (AvgIpc) is 2.85. The van der Waals surface area contributed by atoms with E-state index in [1.165, 1.54) is 0 Å². The second-order valence-electron chi connectivity index (χ2n) is 6.75. The maximum absolute atomic E-state index is 12.8. The van der Waals surface area contributed by atoms with E-state index in [0.29, 0.717) is 22.4 Å². The van der Waals surface area contributed by atoms with Crippen LogP contribution in [0.25, 0.3) is 11.6 Å². The molecule has 0 spiro atoms. The summed E-state index contributed by atoms with van der Waals surface area (Å²) >= 11 is 3.29. The average molecular weight is 509 g/mol. The van der Waals surface area contributed by atoms with Gasteiger partial charge in [-0.1, -0.05) is 64.5 Å². The lowest BCUT2D eigenvalue weighted by Gasteiger charge is -2.11. The number of hydrazine groups is 1. The maximum atomic E-state index is 12.8. The molecule has 0 saturated heterocycles. The Bertz CT molecular complexity index is 1160. The van der Waals surface area contributed by atoms with E-state index in [4.69, 9.17) is 9.47 Å². The number of carbonyl (C=O) groups excluding carboxylic acids is 3. The van der Waals surface area contributed by atoms with Crippen molar-refractivity contribution in [3.8, 4) is 5.75 Å². The van der Waals surface area contributed by atoms with Gasteiger partial charge in [0.2, 0.25) is 0 Å². The molecule has 168 valence electrons. The number of benzene rings is 3. The molecule has 2 amide bonds. The molecule has 3 rings (SSSR count). The molecule has 0 atom stereocenters. The van der Waals surface area contributed by atoms with Crippen LogP contribution in [-0.4, -0.2) is 31.5 Å². The predicted molar refractivity (Wildman–Crippen MR) is 128 cm³/mol. The van der Waals surface area contributed by atoms with Crippen molar-refractivity contribution in [3.05, 3.63) is 100 Å². The van der Waals surface area contributed by atoms with Crippen molar-refractivity contribution < 1.29 is 23.9 Å². The Morgan fingerprint density at radius 2 is 1.52 bits per heavy atom. The van der Waals surface area contributed by atoms with Crippen LogP contribution in [0.15, 0.2) is 83.3 Å². The Hall–Kier alpha value is -3.91. The molecule has 0 bridgehead atoms. The summed E-state index contributed by atoms with van der Waals surface area (Å²) in [5, 5.41) is 0. The first-order valence-corrected chi connectivity index (χ1v) is 10.7. The lowest BCUT2D eigenvalue weighted by atomic mass is 10.0. The normalized spacial score (nSPS) is 10.8. The molecule has 3 aromatic rings. The van der Waals surface area contributed by atoms with Gasteiger partial charge in [0.1, 0.15) is 5.75 Å². The van der Waals surface area contributed by atoms with Crippen molar-refractivity contribution in [2.45, 2.75) is 0 Å². The van der Waals surface area contributed by atoms with Crippen molar-refractivity contribution in [1.82, 2.24) is 10.9 Å². The standard InChI is InChI=1S/C25H21BrN2O5/c1-32-22-10-6-5-9-19(22)15-21(17-7-3-2-4-8-17)25(31)33-16-23(29)27-28-24(30)18-11-13-20(26)14-12-18/h2-15H,16H2,1H3,(H,27,29)(H,28,30). The van der Waals surface area contributed by atoms with Crippen LogP contribution < -0.4 is 15.6 Å². The molecule has 33 heavy (non-hydrogen) atoms. The number of carbonyl (C=O) groups is 3. The topological polar surface area (TPSA) is 93.7 Å². The summed E-state index contributed by atoms with van der Waals surface area (Å²) in [6.07, 6.45) is 1.64. The van der Waals surface area contributed by atoms with Crippen molar-refractivity contribution in [2.24, 2.45) is 0 Å². The summed E-state index contributed by atoms with van der Waals surface area (Å²) < 4.78 is 11.4. The minimum atomic E-state index is -0.693. The second kappa shape index (κ2) is 11.6. The zero-order chi connectivity index (χ0) is 23.6. The predicted octanol–water partition coefficient (Wildman–Crippen LogP) is 4.00. The Balaban J connectivity index is 1.66. The van der Waals surface area contributed by atoms with Gasteiger partial charge in [-0.05, 0) is 42.0 Å². The molecule has 0 aliphatic heterocycles. The van der Waals surface area contributed by atoms with Crippen LogP contribution in [0.5, 0.6) is 5.75 Å². The first-order valence-electron chi connectivity index (χ1n) is 9.90. The lowest BCUT2D eigenvalue weighted by Crippen LogP contribution is -2.43. The molecule has 3 aromatic carbocycles. The summed E-state index contributed by atoms with van der Waals surface area (Å²) in [6.45, 7) is -0.574. The second-order valence-corrected chi connectivity index (χ2v) is 7.67. The third-order valence-electron chi connectivity index (χ3n) is 4.50. The van der Waals surface area contributed by atoms with Crippen LogP contribution in [0.4, 0.5) is 0 Å². The minimum Gasteiger partial charge on any atom is -0.496 e. The fourth-order valence-corrected chi connectivity index (χ4v) is 3.13. The molecule has 0 fully saturated rings. The Labute approximate surface area is 199 Å². The number of para-hydroxylation sites is 1. The van der Waals surface area contributed by atoms with Crippen molar-refractivity contribution in [2.75, 3.05) is 13.7 Å². The van der Waals surface area contributed by atoms with Crippen LogP contribution in [0.3, 0.4) is 0 Å². The highest BCUT2D eigenvalue weighted by Crippen LogP contribution is 2.25. The molecular weight excluding hydrogens is 488 g/mol. The molecule has 7 nitrogen and oxygen atoms in total. The van der Waals surface area contributed by atoms with E-state index in [0.717, 1.165) is 4.47 Å². The van der Waals surface area contributed by atoms with Gasteiger partial charge in [-0.3, -0.25) is 20.4 Å². The Morgan fingerprint density at radius 1 is 0.848 bits per heavy atom. The summed E-state index contributed by atoms with van der Waals surface area (Å²) in [5.41, 5.74) is 6.44. The first-order chi connectivity index (χ1) is 16.0.